The first-order valence-electron chi connectivity index (χ1n) is 7.60. The van der Waals surface area contributed by atoms with Crippen molar-refractivity contribution in [1.82, 2.24) is 10.6 Å². The highest BCUT2D eigenvalue weighted by molar-refractivity contribution is 7.99. The number of benzene rings is 2. The summed E-state index contributed by atoms with van der Waals surface area (Å²) in [7, 11) is 0. The zero-order valence-corrected chi connectivity index (χ0v) is 14.3. The van der Waals surface area contributed by atoms with Crippen LogP contribution in [0, 0.1) is 17.5 Å². The number of carbonyl (C=O) groups is 2. The van der Waals surface area contributed by atoms with E-state index in [2.05, 4.69) is 16.0 Å². The minimum absolute atomic E-state index is 0.380. The minimum Gasteiger partial charge on any atom is -0.337 e. The van der Waals surface area contributed by atoms with E-state index >= 15 is 0 Å². The molecule has 0 spiro atoms. The van der Waals surface area contributed by atoms with Crippen LogP contribution >= 0.6 is 11.8 Å². The molecule has 0 bridgehead atoms. The Hall–Kier alpha value is -2.68. The van der Waals surface area contributed by atoms with Gasteiger partial charge in [0.2, 0.25) is 5.91 Å². The van der Waals surface area contributed by atoms with E-state index in [1.165, 1.54) is 0 Å². The second-order valence-electron chi connectivity index (χ2n) is 5.04. The summed E-state index contributed by atoms with van der Waals surface area (Å²) in [6.45, 7) is -0.0685. The van der Waals surface area contributed by atoms with Crippen LogP contribution in [0.5, 0.6) is 0 Å². The summed E-state index contributed by atoms with van der Waals surface area (Å²) < 4.78 is 39.3. The Morgan fingerprint density at radius 1 is 0.923 bits per heavy atom. The molecule has 3 N–H and O–H groups in total. The number of carbonyl (C=O) groups excluding carboxylic acids is 2. The van der Waals surface area contributed by atoms with E-state index in [-0.39, 0.29) is 0 Å². The maximum Gasteiger partial charge on any atom is 0.315 e. The average Bonchev–Trinajstić information content (AvgIpc) is 2.65. The third-order valence-electron chi connectivity index (χ3n) is 3.12. The average molecular weight is 383 g/mol. The Kier molecular flexibility index (Phi) is 7.34. The van der Waals surface area contributed by atoms with Gasteiger partial charge >= 0.3 is 6.03 Å². The van der Waals surface area contributed by atoms with Crippen molar-refractivity contribution in [2.45, 2.75) is 4.90 Å². The van der Waals surface area contributed by atoms with Gasteiger partial charge in [0.15, 0.2) is 17.5 Å². The highest BCUT2D eigenvalue weighted by Gasteiger charge is 2.15. The second-order valence-corrected chi connectivity index (χ2v) is 6.21. The Balaban J connectivity index is 1.67. The molecule has 0 aliphatic heterocycles. The molecule has 0 fully saturated rings. The number of hydrogen-bond acceptors (Lipinski definition) is 3. The smallest absolute Gasteiger partial charge is 0.315 e. The molecule has 26 heavy (non-hydrogen) atoms. The molecule has 0 aromatic heterocycles. The van der Waals surface area contributed by atoms with Gasteiger partial charge in [-0.25, -0.2) is 18.0 Å². The normalized spacial score (nSPS) is 10.3. The van der Waals surface area contributed by atoms with Crippen LogP contribution in [0.1, 0.15) is 0 Å². The quantitative estimate of drug-likeness (QED) is 0.391. The molecule has 3 amide bonds. The van der Waals surface area contributed by atoms with Gasteiger partial charge in [0.05, 0.1) is 12.2 Å². The van der Waals surface area contributed by atoms with E-state index in [0.29, 0.717) is 18.4 Å². The van der Waals surface area contributed by atoms with Crippen LogP contribution in [0.4, 0.5) is 23.7 Å². The molecule has 9 heteroatoms. The van der Waals surface area contributed by atoms with Crippen LogP contribution in [-0.4, -0.2) is 30.8 Å². The lowest BCUT2D eigenvalue weighted by atomic mass is 10.2. The Morgan fingerprint density at radius 2 is 1.65 bits per heavy atom. The number of hydrogen-bond donors (Lipinski definition) is 3. The minimum atomic E-state index is -1.68. The number of thioether (sulfide) groups is 1. The molecule has 2 rings (SSSR count). The highest BCUT2D eigenvalue weighted by atomic mass is 32.2. The summed E-state index contributed by atoms with van der Waals surface area (Å²) in [5.74, 6) is -4.66. The molecule has 0 heterocycles. The summed E-state index contributed by atoms with van der Waals surface area (Å²) in [5, 5.41) is 6.91. The fourth-order valence-corrected chi connectivity index (χ4v) is 2.68. The van der Waals surface area contributed by atoms with Crippen molar-refractivity contribution in [3.8, 4) is 0 Å². The fourth-order valence-electron chi connectivity index (χ4n) is 1.89. The second kappa shape index (κ2) is 9.71. The van der Waals surface area contributed by atoms with Crippen LogP contribution in [-0.2, 0) is 4.79 Å². The SMILES string of the molecule is O=C(CNC(=O)NCCSc1ccccc1)Nc1ccc(F)c(F)c1F. The Labute approximate surface area is 152 Å². The highest BCUT2D eigenvalue weighted by Crippen LogP contribution is 2.19. The predicted octanol–water partition coefficient (Wildman–Crippen LogP) is 3.13. The maximum atomic E-state index is 13.4. The third kappa shape index (κ3) is 5.99. The predicted molar refractivity (Wildman–Crippen MR) is 93.5 cm³/mol. The van der Waals surface area contributed by atoms with Crippen LogP contribution < -0.4 is 16.0 Å². The number of urea groups is 1. The lowest BCUT2D eigenvalue weighted by molar-refractivity contribution is -0.115. The Bertz CT molecular complexity index is 775. The van der Waals surface area contributed by atoms with E-state index in [0.717, 1.165) is 11.0 Å². The lowest BCUT2D eigenvalue weighted by Crippen LogP contribution is -2.40. The Morgan fingerprint density at radius 3 is 2.38 bits per heavy atom. The largest absolute Gasteiger partial charge is 0.337 e. The summed E-state index contributed by atoms with van der Waals surface area (Å²) in [6, 6.07) is 10.7. The van der Waals surface area contributed by atoms with Crippen LogP contribution in [0.25, 0.3) is 0 Å². The molecule has 2 aromatic carbocycles. The molecule has 0 radical (unpaired) electrons. The standard InChI is InChI=1S/C17H16F3N3O2S/c18-12-6-7-13(16(20)15(12)19)23-14(24)10-22-17(25)21-8-9-26-11-4-2-1-3-5-11/h1-7H,8-10H2,(H,23,24)(H2,21,22,25). The molecule has 2 aromatic rings. The van der Waals surface area contributed by atoms with Gasteiger partial charge in [-0.15, -0.1) is 11.8 Å². The van der Waals surface area contributed by atoms with Gasteiger partial charge < -0.3 is 16.0 Å². The van der Waals surface area contributed by atoms with Crippen molar-refractivity contribution in [2.75, 3.05) is 24.2 Å². The molecule has 0 saturated carbocycles. The number of halogens is 3. The molecule has 0 aliphatic rings. The van der Waals surface area contributed by atoms with Crippen LogP contribution in [0.2, 0.25) is 0 Å². The molecule has 0 atom stereocenters. The molecule has 0 saturated heterocycles. The number of rotatable bonds is 7. The fraction of sp³-hybridized carbons (Fsp3) is 0.176. The molecule has 138 valence electrons. The van der Waals surface area contributed by atoms with Crippen molar-refractivity contribution in [1.29, 1.82) is 0 Å². The molecule has 5 nitrogen and oxygen atoms in total. The van der Waals surface area contributed by atoms with E-state index in [9.17, 15) is 22.8 Å². The molecule has 0 aliphatic carbocycles. The van der Waals surface area contributed by atoms with Crippen molar-refractivity contribution in [2.24, 2.45) is 0 Å². The van der Waals surface area contributed by atoms with E-state index < -0.39 is 41.6 Å². The lowest BCUT2D eigenvalue weighted by Gasteiger charge is -2.09. The first-order chi connectivity index (χ1) is 12.5. The first kappa shape index (κ1) is 19.6. The summed E-state index contributed by atoms with van der Waals surface area (Å²) in [5.41, 5.74) is -0.504. The van der Waals surface area contributed by atoms with Gasteiger partial charge in [-0.05, 0) is 24.3 Å². The summed E-state index contributed by atoms with van der Waals surface area (Å²) >= 11 is 1.56. The van der Waals surface area contributed by atoms with Crippen molar-refractivity contribution in [3.05, 3.63) is 59.9 Å². The van der Waals surface area contributed by atoms with Gasteiger partial charge in [-0.2, -0.15) is 0 Å². The maximum absolute atomic E-state index is 13.4. The van der Waals surface area contributed by atoms with Crippen LogP contribution in [0.15, 0.2) is 47.4 Å². The summed E-state index contributed by atoms with van der Waals surface area (Å²) in [6.07, 6.45) is 0. The zero-order chi connectivity index (χ0) is 18.9. The first-order valence-corrected chi connectivity index (χ1v) is 8.59. The van der Waals surface area contributed by atoms with Gasteiger partial charge in [-0.3, -0.25) is 4.79 Å². The van der Waals surface area contributed by atoms with Crippen molar-refractivity contribution in [3.63, 3.8) is 0 Å². The van der Waals surface area contributed by atoms with E-state index in [1.54, 1.807) is 11.8 Å². The summed E-state index contributed by atoms with van der Waals surface area (Å²) in [4.78, 5) is 24.3. The zero-order valence-electron chi connectivity index (χ0n) is 13.5. The topological polar surface area (TPSA) is 70.2 Å². The monoisotopic (exact) mass is 383 g/mol. The number of amides is 3. The van der Waals surface area contributed by atoms with E-state index in [1.807, 2.05) is 30.3 Å². The van der Waals surface area contributed by atoms with Gasteiger partial charge in [0, 0.05) is 17.2 Å². The molecular weight excluding hydrogens is 367 g/mol. The number of anilines is 1. The van der Waals surface area contributed by atoms with Crippen molar-refractivity contribution < 1.29 is 22.8 Å². The molecule has 0 unspecified atom stereocenters. The number of nitrogens with one attached hydrogen (secondary N) is 3. The molecular formula is C17H16F3N3O2S. The van der Waals surface area contributed by atoms with Crippen LogP contribution in [0.3, 0.4) is 0 Å². The van der Waals surface area contributed by atoms with Gasteiger partial charge in [-0.1, -0.05) is 18.2 Å². The van der Waals surface area contributed by atoms with Gasteiger partial charge in [0.1, 0.15) is 0 Å². The van der Waals surface area contributed by atoms with Gasteiger partial charge in [0.25, 0.3) is 0 Å². The van der Waals surface area contributed by atoms with Crippen molar-refractivity contribution >= 4 is 29.4 Å². The van der Waals surface area contributed by atoms with E-state index in [4.69, 9.17) is 0 Å². The third-order valence-corrected chi connectivity index (χ3v) is 4.13.